The molecule has 0 aromatic heterocycles. The van der Waals surface area contributed by atoms with Gasteiger partial charge in [0.1, 0.15) is 0 Å². The van der Waals surface area contributed by atoms with E-state index < -0.39 is 0 Å². The van der Waals surface area contributed by atoms with Crippen molar-refractivity contribution in [1.29, 1.82) is 0 Å². The molecule has 1 aliphatic heterocycles. The molecule has 17 heavy (non-hydrogen) atoms. The Hall–Kier alpha value is -0.860. The predicted octanol–water partition coefficient (Wildman–Crippen LogP) is 3.40. The van der Waals surface area contributed by atoms with Gasteiger partial charge in [0.15, 0.2) is 5.78 Å². The third-order valence-corrected chi connectivity index (χ3v) is 3.70. The fourth-order valence-electron chi connectivity index (χ4n) is 2.33. The van der Waals surface area contributed by atoms with Gasteiger partial charge in [0.25, 0.3) is 0 Å². The van der Waals surface area contributed by atoms with Crippen LogP contribution in [-0.2, 0) is 0 Å². The molecule has 0 radical (unpaired) electrons. The van der Waals surface area contributed by atoms with Crippen LogP contribution in [0.5, 0.6) is 0 Å². The molecule has 2 rings (SSSR count). The molecule has 1 aliphatic rings. The van der Waals surface area contributed by atoms with Crippen LogP contribution in [0, 0.1) is 0 Å². The molecule has 1 saturated heterocycles. The highest BCUT2D eigenvalue weighted by Gasteiger charge is 2.23. The fraction of sp³-hybridized carbons (Fsp3) is 0.500. The molecule has 0 saturated carbocycles. The molecule has 0 N–H and O–H groups in total. The normalized spacial score (nSPS) is 18.9. The summed E-state index contributed by atoms with van der Waals surface area (Å²) in [5.74, 6) is 0.198. The minimum absolute atomic E-state index is 0.0172. The first kappa shape index (κ1) is 12.6. The summed E-state index contributed by atoms with van der Waals surface area (Å²) < 4.78 is 0. The van der Waals surface area contributed by atoms with Gasteiger partial charge < -0.3 is 0 Å². The number of carbonyl (C=O) groups excluding carboxylic acids is 1. The van der Waals surface area contributed by atoms with Gasteiger partial charge in [-0.1, -0.05) is 18.0 Å². The second-order valence-electron chi connectivity index (χ2n) is 4.64. The van der Waals surface area contributed by atoms with Crippen LogP contribution >= 0.6 is 11.6 Å². The lowest BCUT2D eigenvalue weighted by Crippen LogP contribution is -2.42. The highest BCUT2D eigenvalue weighted by atomic mass is 35.5. The van der Waals surface area contributed by atoms with Gasteiger partial charge in [0.2, 0.25) is 0 Å². The van der Waals surface area contributed by atoms with Gasteiger partial charge in [-0.2, -0.15) is 0 Å². The lowest BCUT2D eigenvalue weighted by Gasteiger charge is -2.31. The van der Waals surface area contributed by atoms with Crippen LogP contribution in [-0.4, -0.2) is 29.8 Å². The molecule has 2 nitrogen and oxygen atoms in total. The van der Waals surface area contributed by atoms with Crippen LogP contribution in [0.1, 0.15) is 36.5 Å². The van der Waals surface area contributed by atoms with Crippen molar-refractivity contribution in [2.75, 3.05) is 13.1 Å². The molecular weight excluding hydrogens is 234 g/mol. The van der Waals surface area contributed by atoms with Crippen molar-refractivity contribution in [2.45, 2.75) is 32.2 Å². The van der Waals surface area contributed by atoms with E-state index in [1.54, 1.807) is 12.1 Å². The summed E-state index contributed by atoms with van der Waals surface area (Å²) in [5, 5.41) is 0.673. The van der Waals surface area contributed by atoms with Gasteiger partial charge in [-0.3, -0.25) is 9.69 Å². The van der Waals surface area contributed by atoms with Crippen molar-refractivity contribution in [3.8, 4) is 0 Å². The summed E-state index contributed by atoms with van der Waals surface area (Å²) in [6.07, 6.45) is 3.70. The van der Waals surface area contributed by atoms with E-state index in [1.165, 1.54) is 19.3 Å². The number of rotatable bonds is 3. The van der Waals surface area contributed by atoms with Crippen LogP contribution in [0.25, 0.3) is 0 Å². The molecule has 0 amide bonds. The summed E-state index contributed by atoms with van der Waals surface area (Å²) in [7, 11) is 0. The number of carbonyl (C=O) groups is 1. The second kappa shape index (κ2) is 5.65. The number of piperidine rings is 1. The third-order valence-electron chi connectivity index (χ3n) is 3.45. The maximum atomic E-state index is 12.3. The minimum atomic E-state index is -0.0172. The first-order chi connectivity index (χ1) is 8.18. The summed E-state index contributed by atoms with van der Waals surface area (Å²) in [5.41, 5.74) is 0.757. The van der Waals surface area contributed by atoms with Crippen LogP contribution in [0.4, 0.5) is 0 Å². The summed E-state index contributed by atoms with van der Waals surface area (Å²) in [4.78, 5) is 14.5. The number of Topliss-reactive ketones (excluding diaryl/α,β-unsaturated/α-hetero) is 1. The monoisotopic (exact) mass is 251 g/mol. The van der Waals surface area contributed by atoms with Gasteiger partial charge in [0.05, 0.1) is 6.04 Å². The maximum Gasteiger partial charge on any atom is 0.179 e. The fourth-order valence-corrected chi connectivity index (χ4v) is 2.45. The number of hydrogen-bond donors (Lipinski definition) is 0. The zero-order valence-corrected chi connectivity index (χ0v) is 10.9. The Morgan fingerprint density at radius 1 is 1.18 bits per heavy atom. The van der Waals surface area contributed by atoms with Gasteiger partial charge in [-0.25, -0.2) is 0 Å². The molecule has 3 heteroatoms. The molecule has 1 atom stereocenters. The summed E-state index contributed by atoms with van der Waals surface area (Å²) in [6.45, 7) is 4.09. The number of halogens is 1. The van der Waals surface area contributed by atoms with Crippen molar-refractivity contribution in [3.05, 3.63) is 34.9 Å². The van der Waals surface area contributed by atoms with Crippen molar-refractivity contribution >= 4 is 17.4 Å². The van der Waals surface area contributed by atoms with Crippen LogP contribution in [0.3, 0.4) is 0 Å². The van der Waals surface area contributed by atoms with E-state index in [1.807, 2.05) is 19.1 Å². The van der Waals surface area contributed by atoms with Gasteiger partial charge in [-0.15, -0.1) is 0 Å². The lowest BCUT2D eigenvalue weighted by molar-refractivity contribution is 0.0809. The molecule has 92 valence electrons. The van der Waals surface area contributed by atoms with E-state index in [0.29, 0.717) is 5.02 Å². The molecule has 0 spiro atoms. The molecular formula is C14H18ClNO. The topological polar surface area (TPSA) is 20.3 Å². The Morgan fingerprint density at radius 2 is 1.76 bits per heavy atom. The van der Waals surface area contributed by atoms with Crippen molar-refractivity contribution < 1.29 is 4.79 Å². The maximum absolute atomic E-state index is 12.3. The summed E-state index contributed by atoms with van der Waals surface area (Å²) >= 11 is 5.82. The largest absolute Gasteiger partial charge is 0.294 e. The molecule has 1 aromatic carbocycles. The first-order valence-electron chi connectivity index (χ1n) is 6.22. The van der Waals surface area contributed by atoms with E-state index in [-0.39, 0.29) is 11.8 Å². The second-order valence-corrected chi connectivity index (χ2v) is 5.08. The van der Waals surface area contributed by atoms with Crippen molar-refractivity contribution in [2.24, 2.45) is 0 Å². The Balaban J connectivity index is 2.05. The average Bonchev–Trinajstić information content (AvgIpc) is 2.39. The Kier molecular flexibility index (Phi) is 4.19. The average molecular weight is 252 g/mol. The number of ketones is 1. The van der Waals surface area contributed by atoms with E-state index in [4.69, 9.17) is 11.6 Å². The van der Waals surface area contributed by atoms with Gasteiger partial charge >= 0.3 is 0 Å². The number of hydrogen-bond acceptors (Lipinski definition) is 2. The smallest absolute Gasteiger partial charge is 0.179 e. The number of benzene rings is 1. The number of likely N-dealkylation sites (tertiary alicyclic amines) is 1. The van der Waals surface area contributed by atoms with Crippen LogP contribution < -0.4 is 0 Å². The highest BCUT2D eigenvalue weighted by Crippen LogP contribution is 2.17. The van der Waals surface area contributed by atoms with Gasteiger partial charge in [-0.05, 0) is 57.1 Å². The summed E-state index contributed by atoms with van der Waals surface area (Å²) in [6, 6.07) is 7.16. The standard InChI is InChI=1S/C14H18ClNO/c1-11(16-9-3-2-4-10-16)14(17)12-5-7-13(15)8-6-12/h5-8,11H,2-4,9-10H2,1H3/t11-/m0/s1. The Labute approximate surface area is 108 Å². The quantitative estimate of drug-likeness (QED) is 0.768. The van der Waals surface area contributed by atoms with Crippen LogP contribution in [0.2, 0.25) is 5.02 Å². The molecule has 0 unspecified atom stereocenters. The van der Waals surface area contributed by atoms with Crippen molar-refractivity contribution in [1.82, 2.24) is 4.90 Å². The van der Waals surface area contributed by atoms with Crippen LogP contribution in [0.15, 0.2) is 24.3 Å². The molecule has 0 aliphatic carbocycles. The minimum Gasteiger partial charge on any atom is -0.294 e. The Morgan fingerprint density at radius 3 is 2.35 bits per heavy atom. The first-order valence-corrected chi connectivity index (χ1v) is 6.60. The number of nitrogens with zero attached hydrogens (tertiary/aromatic N) is 1. The van der Waals surface area contributed by atoms with Gasteiger partial charge in [0, 0.05) is 10.6 Å². The zero-order valence-electron chi connectivity index (χ0n) is 10.2. The SMILES string of the molecule is C[C@@H](C(=O)c1ccc(Cl)cc1)N1CCCCC1. The molecule has 1 heterocycles. The Bertz CT molecular complexity index is 382. The van der Waals surface area contributed by atoms with E-state index >= 15 is 0 Å². The zero-order chi connectivity index (χ0) is 12.3. The van der Waals surface area contributed by atoms with E-state index in [9.17, 15) is 4.79 Å². The van der Waals surface area contributed by atoms with E-state index in [2.05, 4.69) is 4.90 Å². The molecule has 1 fully saturated rings. The van der Waals surface area contributed by atoms with Crippen molar-refractivity contribution in [3.63, 3.8) is 0 Å². The predicted molar refractivity (Wildman–Crippen MR) is 70.7 cm³/mol. The van der Waals surface area contributed by atoms with E-state index in [0.717, 1.165) is 18.7 Å². The third kappa shape index (κ3) is 3.08. The molecule has 1 aromatic rings. The molecule has 0 bridgehead atoms. The lowest BCUT2D eigenvalue weighted by atomic mass is 10.0. The highest BCUT2D eigenvalue weighted by molar-refractivity contribution is 6.30.